The first-order valence-electron chi connectivity index (χ1n) is 8.93. The number of nitrogens with zero attached hydrogens (tertiary/aromatic N) is 3. The molecule has 4 nitrogen and oxygen atoms in total. The normalized spacial score (nSPS) is 11.7. The molecule has 0 radical (unpaired) electrons. The number of ether oxygens (including phenoxy) is 1. The van der Waals surface area contributed by atoms with E-state index < -0.39 is 12.8 Å². The number of alkyl halides is 3. The fourth-order valence-electron chi connectivity index (χ4n) is 2.66. The molecule has 0 fully saturated rings. The molecular formula is C20H19ClF3N3OS. The summed E-state index contributed by atoms with van der Waals surface area (Å²) in [5.74, 6) is 1.21. The third-order valence-electron chi connectivity index (χ3n) is 3.95. The number of thioether (sulfide) groups is 1. The van der Waals surface area contributed by atoms with E-state index in [1.165, 1.54) is 11.8 Å². The highest BCUT2D eigenvalue weighted by atomic mass is 35.5. The van der Waals surface area contributed by atoms with E-state index in [2.05, 4.69) is 14.9 Å². The number of benzene rings is 2. The van der Waals surface area contributed by atoms with Crippen LogP contribution in [0.5, 0.6) is 0 Å². The predicted octanol–water partition coefficient (Wildman–Crippen LogP) is 5.71. The van der Waals surface area contributed by atoms with E-state index in [4.69, 9.17) is 11.6 Å². The van der Waals surface area contributed by atoms with Crippen molar-refractivity contribution in [3.63, 3.8) is 0 Å². The SMILES string of the molecule is FC(F)(F)COCCCSc1nnc(-c2ccccc2Cl)n1Cc1ccccc1. The van der Waals surface area contributed by atoms with Crippen molar-refractivity contribution in [3.8, 4) is 11.4 Å². The fraction of sp³-hybridized carbons (Fsp3) is 0.300. The summed E-state index contributed by atoms with van der Waals surface area (Å²) in [5.41, 5.74) is 1.86. The van der Waals surface area contributed by atoms with Crippen molar-refractivity contribution in [1.29, 1.82) is 0 Å². The number of rotatable bonds is 9. The number of hydrogen-bond donors (Lipinski definition) is 0. The van der Waals surface area contributed by atoms with E-state index in [0.29, 0.717) is 34.7 Å². The fourth-order valence-corrected chi connectivity index (χ4v) is 3.73. The highest BCUT2D eigenvalue weighted by Gasteiger charge is 2.27. The predicted molar refractivity (Wildman–Crippen MR) is 108 cm³/mol. The summed E-state index contributed by atoms with van der Waals surface area (Å²) in [6.07, 6.45) is -3.83. The molecule has 29 heavy (non-hydrogen) atoms. The average molecular weight is 442 g/mol. The van der Waals surface area contributed by atoms with E-state index in [9.17, 15) is 13.2 Å². The maximum atomic E-state index is 12.1. The number of halogens is 4. The van der Waals surface area contributed by atoms with E-state index >= 15 is 0 Å². The molecule has 0 amide bonds. The Labute approximate surface area is 176 Å². The van der Waals surface area contributed by atoms with Crippen molar-refractivity contribution >= 4 is 23.4 Å². The van der Waals surface area contributed by atoms with Crippen LogP contribution >= 0.6 is 23.4 Å². The molecule has 0 bridgehead atoms. The Morgan fingerprint density at radius 2 is 1.72 bits per heavy atom. The molecule has 0 saturated carbocycles. The van der Waals surface area contributed by atoms with Gasteiger partial charge in [-0.05, 0) is 24.1 Å². The molecule has 154 valence electrons. The minimum Gasteiger partial charge on any atom is -0.372 e. The van der Waals surface area contributed by atoms with Gasteiger partial charge in [-0.15, -0.1) is 10.2 Å². The maximum absolute atomic E-state index is 12.1. The lowest BCUT2D eigenvalue weighted by molar-refractivity contribution is -0.173. The molecule has 0 aliphatic carbocycles. The minimum atomic E-state index is -4.30. The molecule has 1 heterocycles. The van der Waals surface area contributed by atoms with Gasteiger partial charge < -0.3 is 4.74 Å². The molecule has 0 aliphatic rings. The quantitative estimate of drug-likeness (QED) is 0.315. The van der Waals surface area contributed by atoms with Crippen LogP contribution in [0, 0.1) is 0 Å². The molecule has 3 rings (SSSR count). The lowest BCUT2D eigenvalue weighted by atomic mass is 10.2. The van der Waals surface area contributed by atoms with Crippen LogP contribution in [0.2, 0.25) is 5.02 Å². The zero-order valence-electron chi connectivity index (χ0n) is 15.4. The van der Waals surface area contributed by atoms with Crippen LogP contribution in [0.1, 0.15) is 12.0 Å². The smallest absolute Gasteiger partial charge is 0.372 e. The van der Waals surface area contributed by atoms with Gasteiger partial charge in [-0.25, -0.2) is 0 Å². The first-order valence-corrected chi connectivity index (χ1v) is 10.3. The van der Waals surface area contributed by atoms with Gasteiger partial charge in [0.25, 0.3) is 0 Å². The molecule has 0 N–H and O–H groups in total. The zero-order chi connectivity index (χ0) is 20.7. The summed E-state index contributed by atoms with van der Waals surface area (Å²) >= 11 is 7.78. The molecule has 0 aliphatic heterocycles. The second kappa shape index (κ2) is 10.1. The van der Waals surface area contributed by atoms with Crippen molar-refractivity contribution in [2.75, 3.05) is 19.0 Å². The molecule has 1 aromatic heterocycles. The van der Waals surface area contributed by atoms with Gasteiger partial charge in [0.2, 0.25) is 0 Å². The Balaban J connectivity index is 1.72. The Kier molecular flexibility index (Phi) is 7.57. The first kappa shape index (κ1) is 21.7. The van der Waals surface area contributed by atoms with Crippen LogP contribution in [0.3, 0.4) is 0 Å². The van der Waals surface area contributed by atoms with E-state index in [1.807, 2.05) is 53.1 Å². The number of aromatic nitrogens is 3. The second-order valence-corrected chi connectivity index (χ2v) is 7.70. The molecule has 0 unspecified atom stereocenters. The first-order chi connectivity index (χ1) is 13.9. The second-order valence-electron chi connectivity index (χ2n) is 6.23. The summed E-state index contributed by atoms with van der Waals surface area (Å²) in [4.78, 5) is 0. The van der Waals surface area contributed by atoms with Gasteiger partial charge in [0.15, 0.2) is 11.0 Å². The molecule has 9 heteroatoms. The molecule has 3 aromatic rings. The molecular weight excluding hydrogens is 423 g/mol. The van der Waals surface area contributed by atoms with Gasteiger partial charge in [-0.2, -0.15) is 13.2 Å². The van der Waals surface area contributed by atoms with Gasteiger partial charge in [-0.1, -0.05) is 65.8 Å². The van der Waals surface area contributed by atoms with Crippen molar-refractivity contribution in [3.05, 3.63) is 65.2 Å². The summed E-state index contributed by atoms with van der Waals surface area (Å²) in [6, 6.07) is 17.3. The van der Waals surface area contributed by atoms with Crippen LogP contribution in [0.15, 0.2) is 59.8 Å². The Morgan fingerprint density at radius 3 is 2.45 bits per heavy atom. The Hall–Kier alpha value is -2.03. The minimum absolute atomic E-state index is 0.0384. The Bertz CT molecular complexity index is 919. The van der Waals surface area contributed by atoms with Crippen LogP contribution in [-0.2, 0) is 11.3 Å². The van der Waals surface area contributed by atoms with Gasteiger partial charge in [0, 0.05) is 17.9 Å². The lowest BCUT2D eigenvalue weighted by Crippen LogP contribution is -2.17. The van der Waals surface area contributed by atoms with Crippen LogP contribution in [-0.4, -0.2) is 39.9 Å². The van der Waals surface area contributed by atoms with Gasteiger partial charge in [-0.3, -0.25) is 4.57 Å². The highest BCUT2D eigenvalue weighted by Crippen LogP contribution is 2.30. The van der Waals surface area contributed by atoms with E-state index in [1.54, 1.807) is 6.07 Å². The third-order valence-corrected chi connectivity index (χ3v) is 5.33. The van der Waals surface area contributed by atoms with Crippen molar-refractivity contribution in [2.24, 2.45) is 0 Å². The van der Waals surface area contributed by atoms with Crippen LogP contribution in [0.4, 0.5) is 13.2 Å². The maximum Gasteiger partial charge on any atom is 0.411 e. The third kappa shape index (κ3) is 6.48. The summed E-state index contributed by atoms with van der Waals surface area (Å²) < 4.78 is 43.0. The average Bonchev–Trinajstić information content (AvgIpc) is 3.07. The Morgan fingerprint density at radius 1 is 1.00 bits per heavy atom. The number of hydrogen-bond acceptors (Lipinski definition) is 4. The van der Waals surface area contributed by atoms with E-state index in [-0.39, 0.29) is 6.61 Å². The summed E-state index contributed by atoms with van der Waals surface area (Å²) in [5, 5.41) is 9.86. The molecule has 0 atom stereocenters. The van der Waals surface area contributed by atoms with E-state index in [0.717, 1.165) is 11.1 Å². The van der Waals surface area contributed by atoms with Gasteiger partial charge >= 0.3 is 6.18 Å². The van der Waals surface area contributed by atoms with Crippen LogP contribution < -0.4 is 0 Å². The standard InChI is InChI=1S/C20H19ClF3N3OS/c21-17-10-5-4-9-16(17)18-25-26-19(27(18)13-15-7-2-1-3-8-15)29-12-6-11-28-14-20(22,23)24/h1-5,7-10H,6,11-14H2. The summed E-state index contributed by atoms with van der Waals surface area (Å²) in [6.45, 7) is -0.628. The van der Waals surface area contributed by atoms with Gasteiger partial charge in [0.1, 0.15) is 6.61 Å². The molecule has 2 aromatic carbocycles. The van der Waals surface area contributed by atoms with Crippen LogP contribution in [0.25, 0.3) is 11.4 Å². The molecule has 0 spiro atoms. The van der Waals surface area contributed by atoms with Crippen molar-refractivity contribution in [1.82, 2.24) is 14.8 Å². The zero-order valence-corrected chi connectivity index (χ0v) is 17.0. The van der Waals surface area contributed by atoms with Crippen molar-refractivity contribution in [2.45, 2.75) is 24.3 Å². The topological polar surface area (TPSA) is 39.9 Å². The van der Waals surface area contributed by atoms with Crippen molar-refractivity contribution < 1.29 is 17.9 Å². The molecule has 0 saturated heterocycles. The monoisotopic (exact) mass is 441 g/mol. The lowest BCUT2D eigenvalue weighted by Gasteiger charge is -2.11. The highest BCUT2D eigenvalue weighted by molar-refractivity contribution is 7.99. The largest absolute Gasteiger partial charge is 0.411 e. The summed E-state index contributed by atoms with van der Waals surface area (Å²) in [7, 11) is 0. The van der Waals surface area contributed by atoms with Gasteiger partial charge in [0.05, 0.1) is 11.6 Å².